The van der Waals surface area contributed by atoms with Crippen molar-refractivity contribution in [3.8, 4) is 0 Å². The van der Waals surface area contributed by atoms with Crippen LogP contribution in [-0.2, 0) is 12.8 Å². The van der Waals surface area contributed by atoms with Crippen molar-refractivity contribution < 1.29 is 0 Å². The fourth-order valence-corrected chi connectivity index (χ4v) is 2.70. The molecule has 0 amide bonds. The largest absolute Gasteiger partial charge is 0.347 e. The van der Waals surface area contributed by atoms with Gasteiger partial charge in [0.05, 0.1) is 0 Å². The molecule has 2 rings (SSSR count). The van der Waals surface area contributed by atoms with Crippen molar-refractivity contribution in [2.45, 2.75) is 26.7 Å². The maximum atomic E-state index is 6.17. The number of halogens is 2. The molecule has 1 aromatic heterocycles. The van der Waals surface area contributed by atoms with Gasteiger partial charge in [0.25, 0.3) is 0 Å². The smallest absolute Gasteiger partial charge is 0.132 e. The van der Waals surface area contributed by atoms with Crippen molar-refractivity contribution in [2.75, 3.05) is 0 Å². The molecule has 0 spiro atoms. The second-order valence-corrected chi connectivity index (χ2v) is 5.52. The molecule has 100 valence electrons. The van der Waals surface area contributed by atoms with E-state index in [0.29, 0.717) is 21.1 Å². The highest BCUT2D eigenvalue weighted by Gasteiger charge is 2.09. The van der Waals surface area contributed by atoms with Gasteiger partial charge in [-0.3, -0.25) is 0 Å². The van der Waals surface area contributed by atoms with Crippen LogP contribution in [-0.4, -0.2) is 9.97 Å². The fourth-order valence-electron chi connectivity index (χ4n) is 1.94. The van der Waals surface area contributed by atoms with E-state index in [1.165, 1.54) is 0 Å². The SMILES string of the molecule is CCc1[nH]c(Cc2c(Cl)cccc2Cl)nc(=S)c1C. The van der Waals surface area contributed by atoms with Crippen molar-refractivity contribution in [1.82, 2.24) is 9.97 Å². The minimum atomic E-state index is 0.551. The Labute approximate surface area is 127 Å². The number of benzene rings is 1. The molecule has 0 unspecified atom stereocenters. The second-order valence-electron chi connectivity index (χ2n) is 4.32. The van der Waals surface area contributed by atoms with E-state index < -0.39 is 0 Å². The number of nitrogens with one attached hydrogen (secondary N) is 1. The van der Waals surface area contributed by atoms with Crippen LogP contribution in [0.5, 0.6) is 0 Å². The van der Waals surface area contributed by atoms with Gasteiger partial charge in [0.1, 0.15) is 10.5 Å². The Morgan fingerprint density at radius 1 is 1.26 bits per heavy atom. The summed E-state index contributed by atoms with van der Waals surface area (Å²) in [5.74, 6) is 0.794. The van der Waals surface area contributed by atoms with Crippen molar-refractivity contribution in [2.24, 2.45) is 0 Å². The van der Waals surface area contributed by atoms with Crippen LogP contribution >= 0.6 is 35.4 Å². The monoisotopic (exact) mass is 312 g/mol. The average Bonchev–Trinajstić information content (AvgIpc) is 2.38. The molecule has 0 atom stereocenters. The normalized spacial score (nSPS) is 10.7. The molecule has 0 saturated heterocycles. The molecular weight excluding hydrogens is 299 g/mol. The Hall–Kier alpha value is -0.900. The molecule has 0 aliphatic heterocycles. The second kappa shape index (κ2) is 6.04. The van der Waals surface area contributed by atoms with E-state index in [-0.39, 0.29) is 0 Å². The van der Waals surface area contributed by atoms with E-state index in [1.54, 1.807) is 0 Å². The Morgan fingerprint density at radius 2 is 1.89 bits per heavy atom. The molecule has 2 aromatic rings. The van der Waals surface area contributed by atoms with Crippen LogP contribution in [0.2, 0.25) is 10.0 Å². The summed E-state index contributed by atoms with van der Waals surface area (Å²) in [6, 6.07) is 5.48. The summed E-state index contributed by atoms with van der Waals surface area (Å²) >= 11 is 17.6. The van der Waals surface area contributed by atoms with Gasteiger partial charge in [-0.2, -0.15) is 0 Å². The summed E-state index contributed by atoms with van der Waals surface area (Å²) in [6.45, 7) is 4.07. The summed E-state index contributed by atoms with van der Waals surface area (Å²) in [6.07, 6.45) is 1.44. The van der Waals surface area contributed by atoms with Crippen LogP contribution < -0.4 is 0 Å². The van der Waals surface area contributed by atoms with Gasteiger partial charge in [0.2, 0.25) is 0 Å². The van der Waals surface area contributed by atoms with Gasteiger partial charge < -0.3 is 4.98 Å². The first-order valence-corrected chi connectivity index (χ1v) is 7.21. The van der Waals surface area contributed by atoms with Crippen molar-refractivity contribution in [3.05, 3.63) is 55.5 Å². The predicted octanol–water partition coefficient (Wildman–Crippen LogP) is 4.91. The zero-order valence-electron chi connectivity index (χ0n) is 10.8. The molecule has 19 heavy (non-hydrogen) atoms. The zero-order chi connectivity index (χ0) is 14.0. The average molecular weight is 313 g/mol. The third-order valence-electron chi connectivity index (χ3n) is 3.06. The Bertz CT molecular complexity index is 645. The Morgan fingerprint density at radius 3 is 2.47 bits per heavy atom. The molecule has 0 aliphatic carbocycles. The number of hydrogen-bond acceptors (Lipinski definition) is 2. The van der Waals surface area contributed by atoms with Gasteiger partial charge in [-0.25, -0.2) is 4.98 Å². The predicted molar refractivity (Wildman–Crippen MR) is 82.8 cm³/mol. The summed E-state index contributed by atoms with van der Waals surface area (Å²) in [5, 5.41) is 1.29. The number of aromatic nitrogens is 2. The first kappa shape index (κ1) is 14.5. The molecule has 1 N–H and O–H groups in total. The van der Waals surface area contributed by atoms with Crippen molar-refractivity contribution in [3.63, 3.8) is 0 Å². The standard InChI is InChI=1S/C14H14Cl2N2S/c1-3-12-8(2)14(19)18-13(17-12)7-9-10(15)5-4-6-11(9)16/h4-6H,3,7H2,1-2H3,(H,17,18,19). The first-order valence-electron chi connectivity index (χ1n) is 6.04. The molecule has 0 radical (unpaired) electrons. The maximum Gasteiger partial charge on any atom is 0.132 e. The molecule has 1 aromatic carbocycles. The van der Waals surface area contributed by atoms with Gasteiger partial charge in [-0.15, -0.1) is 0 Å². The van der Waals surface area contributed by atoms with Crippen LogP contribution in [0.4, 0.5) is 0 Å². The number of aromatic amines is 1. The minimum Gasteiger partial charge on any atom is -0.347 e. The van der Waals surface area contributed by atoms with Gasteiger partial charge in [0.15, 0.2) is 0 Å². The molecule has 0 bridgehead atoms. The third-order valence-corrected chi connectivity index (χ3v) is 4.17. The van der Waals surface area contributed by atoms with Gasteiger partial charge in [-0.1, -0.05) is 48.4 Å². The lowest BCUT2D eigenvalue weighted by atomic mass is 10.1. The van der Waals surface area contributed by atoms with Gasteiger partial charge in [-0.05, 0) is 31.0 Å². The number of nitrogens with zero attached hydrogens (tertiary/aromatic N) is 1. The Kier molecular flexibility index (Phi) is 4.61. The molecule has 0 aliphatic rings. The van der Waals surface area contributed by atoms with Crippen LogP contribution in [0.3, 0.4) is 0 Å². The quantitative estimate of drug-likeness (QED) is 0.816. The highest BCUT2D eigenvalue weighted by molar-refractivity contribution is 7.71. The summed E-state index contributed by atoms with van der Waals surface area (Å²) in [4.78, 5) is 7.71. The van der Waals surface area contributed by atoms with E-state index in [2.05, 4.69) is 16.9 Å². The fraction of sp³-hybridized carbons (Fsp3) is 0.286. The lowest BCUT2D eigenvalue weighted by Crippen LogP contribution is -2.04. The van der Waals surface area contributed by atoms with Crippen molar-refractivity contribution in [1.29, 1.82) is 0 Å². The van der Waals surface area contributed by atoms with Crippen LogP contribution in [0, 0.1) is 11.6 Å². The lowest BCUT2D eigenvalue weighted by Gasteiger charge is -2.10. The molecule has 5 heteroatoms. The maximum absolute atomic E-state index is 6.17. The van der Waals surface area contributed by atoms with Gasteiger partial charge in [0, 0.05) is 27.7 Å². The molecule has 0 fully saturated rings. The number of rotatable bonds is 3. The van der Waals surface area contributed by atoms with E-state index in [4.69, 9.17) is 35.4 Å². The number of hydrogen-bond donors (Lipinski definition) is 1. The van der Waals surface area contributed by atoms with Crippen LogP contribution in [0.1, 0.15) is 29.6 Å². The van der Waals surface area contributed by atoms with E-state index in [0.717, 1.165) is 29.1 Å². The highest BCUT2D eigenvalue weighted by atomic mass is 35.5. The molecule has 1 heterocycles. The van der Waals surface area contributed by atoms with E-state index in [1.807, 2.05) is 25.1 Å². The summed E-state index contributed by atoms with van der Waals surface area (Å²) in [7, 11) is 0. The highest BCUT2D eigenvalue weighted by Crippen LogP contribution is 2.26. The zero-order valence-corrected chi connectivity index (χ0v) is 13.1. The first-order chi connectivity index (χ1) is 9.02. The van der Waals surface area contributed by atoms with E-state index in [9.17, 15) is 0 Å². The topological polar surface area (TPSA) is 28.7 Å². The molecular formula is C14H14Cl2N2S. The van der Waals surface area contributed by atoms with Crippen molar-refractivity contribution >= 4 is 35.4 Å². The molecule has 2 nitrogen and oxygen atoms in total. The van der Waals surface area contributed by atoms with Gasteiger partial charge >= 0.3 is 0 Å². The summed E-state index contributed by atoms with van der Waals surface area (Å²) in [5.41, 5.74) is 3.01. The van der Waals surface area contributed by atoms with E-state index >= 15 is 0 Å². The Balaban J connectivity index is 2.44. The number of aryl methyl sites for hydroxylation is 1. The lowest BCUT2D eigenvalue weighted by molar-refractivity contribution is 0.881. The minimum absolute atomic E-state index is 0.551. The summed E-state index contributed by atoms with van der Waals surface area (Å²) < 4.78 is 0.633. The third kappa shape index (κ3) is 3.16. The van der Waals surface area contributed by atoms with Crippen LogP contribution in [0.25, 0.3) is 0 Å². The number of H-pyrrole nitrogens is 1. The molecule has 0 saturated carbocycles. The van der Waals surface area contributed by atoms with Crippen LogP contribution in [0.15, 0.2) is 18.2 Å².